The molecule has 0 bridgehead atoms. The van der Waals surface area contributed by atoms with Crippen molar-refractivity contribution in [2.24, 2.45) is 5.41 Å². The molecule has 3 rings (SSSR count). The first-order valence-corrected chi connectivity index (χ1v) is 7.71. The van der Waals surface area contributed by atoms with Crippen LogP contribution in [0.2, 0.25) is 0 Å². The molecule has 0 saturated heterocycles. The molecule has 2 aromatic rings. The normalized spacial score (nSPS) is 17.2. The van der Waals surface area contributed by atoms with Crippen molar-refractivity contribution in [1.82, 2.24) is 4.98 Å². The third-order valence-electron chi connectivity index (χ3n) is 3.83. The molecular formula is C15H17NO3S. The summed E-state index contributed by atoms with van der Waals surface area (Å²) in [6.07, 6.45) is 5.62. The maximum absolute atomic E-state index is 12.1. The number of carbonyl (C=O) groups is 1. The molecule has 106 valence electrons. The van der Waals surface area contributed by atoms with Gasteiger partial charge in [0, 0.05) is 0 Å². The van der Waals surface area contributed by atoms with Gasteiger partial charge in [-0.25, -0.2) is 4.98 Å². The molecule has 0 unspecified atom stereocenters. The fraction of sp³-hybridized carbons (Fsp3) is 0.467. The summed E-state index contributed by atoms with van der Waals surface area (Å²) in [5, 5.41) is 1.97. The van der Waals surface area contributed by atoms with Gasteiger partial charge in [0.1, 0.15) is 18.6 Å². The molecule has 0 N–H and O–H groups in total. The van der Waals surface area contributed by atoms with E-state index in [1.165, 1.54) is 0 Å². The predicted molar refractivity (Wildman–Crippen MR) is 76.2 cm³/mol. The maximum atomic E-state index is 12.1. The molecule has 2 aromatic heterocycles. The largest absolute Gasteiger partial charge is 0.459 e. The number of aromatic nitrogens is 1. The summed E-state index contributed by atoms with van der Waals surface area (Å²) in [4.78, 5) is 17.4. The van der Waals surface area contributed by atoms with E-state index in [9.17, 15) is 4.79 Å². The number of hydrogen-bond acceptors (Lipinski definition) is 5. The standard InChI is InChI=1S/C15H17NO3S/c1-15(6-2-3-7-15)14(17)19-10-11-9-18-13(16-11)12-5-4-8-20-12/h4-5,8-9H,2-3,6-7,10H2,1H3. The van der Waals surface area contributed by atoms with E-state index < -0.39 is 0 Å². The molecule has 5 heteroatoms. The fourth-order valence-corrected chi connectivity index (χ4v) is 3.22. The van der Waals surface area contributed by atoms with E-state index in [1.807, 2.05) is 24.4 Å². The molecule has 4 nitrogen and oxygen atoms in total. The van der Waals surface area contributed by atoms with Crippen molar-refractivity contribution in [3.63, 3.8) is 0 Å². The lowest BCUT2D eigenvalue weighted by Gasteiger charge is -2.20. The van der Waals surface area contributed by atoms with Crippen molar-refractivity contribution < 1.29 is 13.9 Å². The monoisotopic (exact) mass is 291 g/mol. The first kappa shape index (κ1) is 13.4. The van der Waals surface area contributed by atoms with E-state index in [4.69, 9.17) is 9.15 Å². The molecule has 1 aliphatic carbocycles. The summed E-state index contributed by atoms with van der Waals surface area (Å²) in [5.41, 5.74) is 0.351. The van der Waals surface area contributed by atoms with E-state index in [2.05, 4.69) is 4.98 Å². The minimum atomic E-state index is -0.305. The molecule has 0 aromatic carbocycles. The number of hydrogen-bond donors (Lipinski definition) is 0. The molecule has 1 fully saturated rings. The van der Waals surface area contributed by atoms with Crippen LogP contribution in [0.3, 0.4) is 0 Å². The minimum absolute atomic E-state index is 0.115. The second-order valence-corrected chi connectivity index (χ2v) is 6.41. The Kier molecular flexibility index (Phi) is 3.61. The number of ether oxygens (including phenoxy) is 1. The molecule has 0 aliphatic heterocycles. The van der Waals surface area contributed by atoms with Crippen LogP contribution in [0, 0.1) is 5.41 Å². The first-order valence-electron chi connectivity index (χ1n) is 6.83. The second-order valence-electron chi connectivity index (χ2n) is 5.47. The Hall–Kier alpha value is -1.62. The van der Waals surface area contributed by atoms with Gasteiger partial charge in [-0.1, -0.05) is 18.9 Å². The third kappa shape index (κ3) is 2.63. The summed E-state index contributed by atoms with van der Waals surface area (Å²) in [7, 11) is 0. The minimum Gasteiger partial charge on any atom is -0.459 e. The molecule has 0 amide bonds. The Bertz CT molecular complexity index is 582. The Morgan fingerprint density at radius 2 is 2.30 bits per heavy atom. The molecule has 0 spiro atoms. The van der Waals surface area contributed by atoms with Crippen LogP contribution in [0.4, 0.5) is 0 Å². The average molecular weight is 291 g/mol. The molecule has 0 radical (unpaired) electrons. The Morgan fingerprint density at radius 3 is 3.00 bits per heavy atom. The highest BCUT2D eigenvalue weighted by Crippen LogP contribution is 2.38. The maximum Gasteiger partial charge on any atom is 0.312 e. The lowest BCUT2D eigenvalue weighted by molar-refractivity contribution is -0.156. The fourth-order valence-electron chi connectivity index (χ4n) is 2.56. The summed E-state index contributed by atoms with van der Waals surface area (Å²) < 4.78 is 10.8. The van der Waals surface area contributed by atoms with Crippen LogP contribution in [0.25, 0.3) is 10.8 Å². The molecule has 20 heavy (non-hydrogen) atoms. The number of rotatable bonds is 4. The van der Waals surface area contributed by atoms with Gasteiger partial charge in [-0.05, 0) is 31.2 Å². The third-order valence-corrected chi connectivity index (χ3v) is 4.69. The van der Waals surface area contributed by atoms with Gasteiger partial charge in [0.2, 0.25) is 5.89 Å². The van der Waals surface area contributed by atoms with Crippen molar-refractivity contribution in [2.75, 3.05) is 0 Å². The highest BCUT2D eigenvalue weighted by atomic mass is 32.1. The zero-order valence-electron chi connectivity index (χ0n) is 11.4. The van der Waals surface area contributed by atoms with Gasteiger partial charge in [-0.2, -0.15) is 0 Å². The molecule has 2 heterocycles. The van der Waals surface area contributed by atoms with Crippen LogP contribution in [0.1, 0.15) is 38.3 Å². The zero-order valence-corrected chi connectivity index (χ0v) is 12.2. The van der Waals surface area contributed by atoms with E-state index in [1.54, 1.807) is 17.6 Å². The van der Waals surface area contributed by atoms with Crippen molar-refractivity contribution in [1.29, 1.82) is 0 Å². The summed E-state index contributed by atoms with van der Waals surface area (Å²) in [6, 6.07) is 3.90. The van der Waals surface area contributed by atoms with Crippen LogP contribution in [-0.4, -0.2) is 11.0 Å². The Morgan fingerprint density at radius 1 is 1.50 bits per heavy atom. The van der Waals surface area contributed by atoms with Gasteiger partial charge in [-0.15, -0.1) is 11.3 Å². The highest BCUT2D eigenvalue weighted by molar-refractivity contribution is 7.13. The lowest BCUT2D eigenvalue weighted by Crippen LogP contribution is -2.26. The van der Waals surface area contributed by atoms with Crippen molar-refractivity contribution in [3.05, 3.63) is 29.5 Å². The molecule has 0 atom stereocenters. The topological polar surface area (TPSA) is 52.3 Å². The van der Waals surface area contributed by atoms with Crippen LogP contribution < -0.4 is 0 Å². The SMILES string of the molecule is CC1(C(=O)OCc2coc(-c3cccs3)n2)CCCC1. The molecule has 1 saturated carbocycles. The van der Waals surface area contributed by atoms with E-state index in [0.29, 0.717) is 11.6 Å². The number of thiophene rings is 1. The number of nitrogens with zero attached hydrogens (tertiary/aromatic N) is 1. The smallest absolute Gasteiger partial charge is 0.312 e. The van der Waals surface area contributed by atoms with E-state index >= 15 is 0 Å². The van der Waals surface area contributed by atoms with Crippen LogP contribution in [0.15, 0.2) is 28.2 Å². The van der Waals surface area contributed by atoms with Crippen molar-refractivity contribution in [3.8, 4) is 10.8 Å². The van der Waals surface area contributed by atoms with Crippen molar-refractivity contribution in [2.45, 2.75) is 39.2 Å². The average Bonchev–Trinajstić information content (AvgIpc) is 3.17. The number of carbonyl (C=O) groups excluding carboxylic acids is 1. The van der Waals surface area contributed by atoms with Gasteiger partial charge in [0.05, 0.1) is 10.3 Å². The first-order chi connectivity index (χ1) is 9.67. The Labute approximate surface area is 121 Å². The second kappa shape index (κ2) is 5.40. The highest BCUT2D eigenvalue weighted by Gasteiger charge is 2.37. The summed E-state index contributed by atoms with van der Waals surface area (Å²) in [6.45, 7) is 2.17. The van der Waals surface area contributed by atoms with Gasteiger partial charge < -0.3 is 9.15 Å². The summed E-state index contributed by atoms with van der Waals surface area (Å²) >= 11 is 1.57. The van der Waals surface area contributed by atoms with Gasteiger partial charge in [0.15, 0.2) is 0 Å². The zero-order chi connectivity index (χ0) is 14.0. The lowest BCUT2D eigenvalue weighted by atomic mass is 9.89. The van der Waals surface area contributed by atoms with Gasteiger partial charge in [-0.3, -0.25) is 4.79 Å². The molecule has 1 aliphatic rings. The predicted octanol–water partition coefficient (Wildman–Crippen LogP) is 4.03. The quantitative estimate of drug-likeness (QED) is 0.798. The van der Waals surface area contributed by atoms with Crippen LogP contribution in [0.5, 0.6) is 0 Å². The number of oxazole rings is 1. The van der Waals surface area contributed by atoms with Gasteiger partial charge >= 0.3 is 5.97 Å². The Balaban J connectivity index is 1.60. The van der Waals surface area contributed by atoms with E-state index in [0.717, 1.165) is 30.6 Å². The van der Waals surface area contributed by atoms with Gasteiger partial charge in [0.25, 0.3) is 0 Å². The number of esters is 1. The molecular weight excluding hydrogens is 274 g/mol. The summed E-state index contributed by atoms with van der Waals surface area (Å²) in [5.74, 6) is 0.466. The van der Waals surface area contributed by atoms with Crippen molar-refractivity contribution >= 4 is 17.3 Å². The van der Waals surface area contributed by atoms with E-state index in [-0.39, 0.29) is 18.0 Å². The van der Waals surface area contributed by atoms with Crippen LogP contribution in [-0.2, 0) is 16.1 Å². The van der Waals surface area contributed by atoms with Crippen LogP contribution >= 0.6 is 11.3 Å².